The van der Waals surface area contributed by atoms with E-state index in [2.05, 4.69) is 15.4 Å². The highest BCUT2D eigenvalue weighted by Crippen LogP contribution is 2.21. The van der Waals surface area contributed by atoms with Crippen LogP contribution in [0.3, 0.4) is 0 Å². The van der Waals surface area contributed by atoms with E-state index in [1.54, 1.807) is 30.3 Å². The van der Waals surface area contributed by atoms with E-state index in [1.807, 2.05) is 54.6 Å². The fourth-order valence-corrected chi connectivity index (χ4v) is 2.93. The maximum Gasteiger partial charge on any atom is 0.270 e. The lowest BCUT2D eigenvalue weighted by atomic mass is 10.2. The van der Waals surface area contributed by atoms with E-state index < -0.39 is 0 Å². The van der Waals surface area contributed by atoms with Crippen molar-refractivity contribution < 1.29 is 13.9 Å². The Labute approximate surface area is 168 Å². The van der Waals surface area contributed by atoms with Crippen molar-refractivity contribution in [2.45, 2.75) is 6.42 Å². The van der Waals surface area contributed by atoms with Crippen molar-refractivity contribution in [3.8, 4) is 22.9 Å². The molecule has 29 heavy (non-hydrogen) atoms. The van der Waals surface area contributed by atoms with Crippen molar-refractivity contribution in [2.24, 2.45) is 0 Å². The molecule has 0 fully saturated rings. The predicted octanol–water partition coefficient (Wildman–Crippen LogP) is 3.51. The van der Waals surface area contributed by atoms with Crippen molar-refractivity contribution in [1.82, 2.24) is 20.1 Å². The van der Waals surface area contributed by atoms with E-state index in [9.17, 15) is 4.79 Å². The first-order valence-corrected chi connectivity index (χ1v) is 9.21. The Balaban J connectivity index is 1.36. The SMILES string of the molecule is COc1ccc(-c2nc(CCNC(=O)c3ccnn3-c3ccccc3)co2)cc1. The number of aromatic nitrogens is 3. The zero-order chi connectivity index (χ0) is 20.1. The second-order valence-corrected chi connectivity index (χ2v) is 6.34. The number of ether oxygens (including phenoxy) is 1. The zero-order valence-electron chi connectivity index (χ0n) is 15.9. The minimum atomic E-state index is -0.190. The number of rotatable bonds is 7. The van der Waals surface area contributed by atoms with Gasteiger partial charge in [0.1, 0.15) is 17.7 Å². The number of para-hydroxylation sites is 1. The van der Waals surface area contributed by atoms with Crippen molar-refractivity contribution >= 4 is 5.91 Å². The Morgan fingerprint density at radius 1 is 1.10 bits per heavy atom. The molecule has 0 aliphatic carbocycles. The standard InChI is InChI=1S/C22H20N4O3/c1-28-19-9-7-16(8-10-19)22-25-17(15-29-22)11-13-23-21(27)20-12-14-24-26(20)18-5-3-2-4-6-18/h2-10,12,14-15H,11,13H2,1H3,(H,23,27). The van der Waals surface area contributed by atoms with Gasteiger partial charge in [-0.05, 0) is 42.5 Å². The molecule has 0 radical (unpaired) electrons. The molecule has 0 saturated carbocycles. The summed E-state index contributed by atoms with van der Waals surface area (Å²) in [6.45, 7) is 0.438. The smallest absolute Gasteiger partial charge is 0.270 e. The Bertz CT molecular complexity index is 1080. The van der Waals surface area contributed by atoms with Crippen molar-refractivity contribution in [2.75, 3.05) is 13.7 Å². The van der Waals surface area contributed by atoms with Crippen LogP contribution in [-0.2, 0) is 6.42 Å². The second kappa shape index (κ2) is 8.43. The van der Waals surface area contributed by atoms with E-state index in [0.29, 0.717) is 24.6 Å². The van der Waals surface area contributed by atoms with Crippen LogP contribution in [0.5, 0.6) is 5.75 Å². The number of nitrogens with zero attached hydrogens (tertiary/aromatic N) is 3. The van der Waals surface area contributed by atoms with Gasteiger partial charge in [-0.15, -0.1) is 0 Å². The van der Waals surface area contributed by atoms with Gasteiger partial charge in [-0.3, -0.25) is 4.79 Å². The molecule has 2 heterocycles. The first-order valence-electron chi connectivity index (χ1n) is 9.21. The minimum Gasteiger partial charge on any atom is -0.497 e. The first kappa shape index (κ1) is 18.5. The number of oxazole rings is 1. The summed E-state index contributed by atoms with van der Waals surface area (Å²) >= 11 is 0. The van der Waals surface area contributed by atoms with Crippen molar-refractivity contribution in [1.29, 1.82) is 0 Å². The molecule has 0 aliphatic rings. The maximum atomic E-state index is 12.5. The summed E-state index contributed by atoms with van der Waals surface area (Å²) in [6.07, 6.45) is 3.78. The number of hydrogen-bond donors (Lipinski definition) is 1. The zero-order valence-corrected chi connectivity index (χ0v) is 15.9. The van der Waals surface area contributed by atoms with Crippen LogP contribution >= 0.6 is 0 Å². The van der Waals surface area contributed by atoms with E-state index in [1.165, 1.54) is 0 Å². The predicted molar refractivity (Wildman–Crippen MR) is 108 cm³/mol. The number of carbonyl (C=O) groups is 1. The summed E-state index contributed by atoms with van der Waals surface area (Å²) in [5, 5.41) is 7.15. The third-order valence-corrected chi connectivity index (χ3v) is 4.43. The lowest BCUT2D eigenvalue weighted by Crippen LogP contribution is -2.27. The maximum absolute atomic E-state index is 12.5. The first-order chi connectivity index (χ1) is 14.2. The van der Waals surface area contributed by atoms with Gasteiger partial charge in [0.2, 0.25) is 5.89 Å². The van der Waals surface area contributed by atoms with Crippen LogP contribution in [0.15, 0.2) is 77.5 Å². The molecule has 0 saturated heterocycles. The highest BCUT2D eigenvalue weighted by Gasteiger charge is 2.13. The molecule has 0 spiro atoms. The molecular weight excluding hydrogens is 368 g/mol. The van der Waals surface area contributed by atoms with Gasteiger partial charge in [0.25, 0.3) is 5.91 Å². The number of carbonyl (C=O) groups excluding carboxylic acids is 1. The van der Waals surface area contributed by atoms with Crippen LogP contribution in [0.1, 0.15) is 16.2 Å². The fourth-order valence-electron chi connectivity index (χ4n) is 2.93. The second-order valence-electron chi connectivity index (χ2n) is 6.34. The van der Waals surface area contributed by atoms with Gasteiger partial charge in [-0.2, -0.15) is 5.10 Å². The van der Waals surface area contributed by atoms with Gasteiger partial charge in [-0.25, -0.2) is 9.67 Å². The van der Waals surface area contributed by atoms with Crippen molar-refractivity contribution in [3.05, 3.63) is 84.5 Å². The highest BCUT2D eigenvalue weighted by atomic mass is 16.5. The monoisotopic (exact) mass is 388 g/mol. The largest absolute Gasteiger partial charge is 0.497 e. The topological polar surface area (TPSA) is 82.2 Å². The third-order valence-electron chi connectivity index (χ3n) is 4.43. The Morgan fingerprint density at radius 3 is 2.66 bits per heavy atom. The Hall–Kier alpha value is -3.87. The molecule has 4 aromatic rings. The molecule has 0 bridgehead atoms. The van der Waals surface area contributed by atoms with Crippen molar-refractivity contribution in [3.63, 3.8) is 0 Å². The number of benzene rings is 2. The molecule has 4 rings (SSSR count). The lowest BCUT2D eigenvalue weighted by Gasteiger charge is -2.07. The third kappa shape index (κ3) is 4.19. The molecule has 2 aromatic heterocycles. The van der Waals surface area contributed by atoms with Gasteiger partial charge < -0.3 is 14.5 Å². The van der Waals surface area contributed by atoms with E-state index in [0.717, 1.165) is 22.7 Å². The molecule has 0 unspecified atom stereocenters. The summed E-state index contributed by atoms with van der Waals surface area (Å²) in [7, 11) is 1.62. The summed E-state index contributed by atoms with van der Waals surface area (Å²) in [6, 6.07) is 18.7. The van der Waals surface area contributed by atoms with Gasteiger partial charge in [0, 0.05) is 18.5 Å². The Kier molecular flexibility index (Phi) is 5.38. The van der Waals surface area contributed by atoms with Crippen LogP contribution in [0.2, 0.25) is 0 Å². The number of hydrogen-bond acceptors (Lipinski definition) is 5. The number of nitrogens with one attached hydrogen (secondary N) is 1. The number of amides is 1. The van der Waals surface area contributed by atoms with E-state index >= 15 is 0 Å². The normalized spacial score (nSPS) is 10.7. The van der Waals surface area contributed by atoms with Crippen LogP contribution < -0.4 is 10.1 Å². The van der Waals surface area contributed by atoms with Gasteiger partial charge in [-0.1, -0.05) is 18.2 Å². The molecule has 0 atom stereocenters. The van der Waals surface area contributed by atoms with E-state index in [4.69, 9.17) is 9.15 Å². The van der Waals surface area contributed by atoms with Gasteiger partial charge >= 0.3 is 0 Å². The number of methoxy groups -OCH3 is 1. The van der Waals surface area contributed by atoms with Gasteiger partial charge in [0.15, 0.2) is 0 Å². The molecule has 7 nitrogen and oxygen atoms in total. The Morgan fingerprint density at radius 2 is 1.90 bits per heavy atom. The summed E-state index contributed by atoms with van der Waals surface area (Å²) in [5.74, 6) is 1.12. The molecule has 1 amide bonds. The van der Waals surface area contributed by atoms with E-state index in [-0.39, 0.29) is 5.91 Å². The molecule has 146 valence electrons. The van der Waals surface area contributed by atoms with Crippen LogP contribution in [0.4, 0.5) is 0 Å². The van der Waals surface area contributed by atoms with Crippen LogP contribution in [0.25, 0.3) is 17.1 Å². The average molecular weight is 388 g/mol. The molecule has 1 N–H and O–H groups in total. The average Bonchev–Trinajstić information content (AvgIpc) is 3.44. The van der Waals surface area contributed by atoms with Gasteiger partial charge in [0.05, 0.1) is 24.7 Å². The summed E-state index contributed by atoms with van der Waals surface area (Å²) in [5.41, 5.74) is 2.96. The fraction of sp³-hybridized carbons (Fsp3) is 0.136. The van der Waals surface area contributed by atoms with Crippen LogP contribution in [0, 0.1) is 0 Å². The van der Waals surface area contributed by atoms with Crippen LogP contribution in [-0.4, -0.2) is 34.3 Å². The molecule has 0 aliphatic heterocycles. The quantitative estimate of drug-likeness (QED) is 0.524. The minimum absolute atomic E-state index is 0.190. The lowest BCUT2D eigenvalue weighted by molar-refractivity contribution is 0.0946. The molecule has 7 heteroatoms. The summed E-state index contributed by atoms with van der Waals surface area (Å²) < 4.78 is 12.3. The summed E-state index contributed by atoms with van der Waals surface area (Å²) in [4.78, 5) is 17.0. The molecular formula is C22H20N4O3. The highest BCUT2D eigenvalue weighted by molar-refractivity contribution is 5.93. The molecule has 2 aromatic carbocycles.